The number of aromatic nitrogens is 2. The van der Waals surface area contributed by atoms with Gasteiger partial charge in [0.05, 0.1) is 6.26 Å². The molecule has 24 heavy (non-hydrogen) atoms. The van der Waals surface area contributed by atoms with E-state index in [-0.39, 0.29) is 0 Å². The third-order valence-electron chi connectivity index (χ3n) is 5.15. The first-order chi connectivity index (χ1) is 11.3. The minimum absolute atomic E-state index is 0.467. The largest absolute Gasteiger partial charge is 0.345 e. The van der Waals surface area contributed by atoms with Crippen molar-refractivity contribution in [2.75, 3.05) is 46.5 Å². The first-order valence-corrected chi connectivity index (χ1v) is 10.6. The van der Waals surface area contributed by atoms with Gasteiger partial charge in [-0.05, 0) is 39.9 Å². The highest BCUT2D eigenvalue weighted by Crippen LogP contribution is 2.30. The molecule has 2 fully saturated rings. The summed E-state index contributed by atoms with van der Waals surface area (Å²) in [6, 6.07) is 0.504. The fourth-order valence-electron chi connectivity index (χ4n) is 3.89. The zero-order chi connectivity index (χ0) is 17.3. The Morgan fingerprint density at radius 3 is 2.58 bits per heavy atom. The minimum atomic E-state index is -3.04. The fourth-order valence-corrected chi connectivity index (χ4v) is 4.76. The van der Waals surface area contributed by atoms with Gasteiger partial charge in [0.15, 0.2) is 0 Å². The Labute approximate surface area is 145 Å². The molecule has 2 aliphatic rings. The number of hydrogen-bond donors (Lipinski definition) is 1. The molecule has 0 unspecified atom stereocenters. The summed E-state index contributed by atoms with van der Waals surface area (Å²) in [5.74, 6) is 1.57. The van der Waals surface area contributed by atoms with Crippen LogP contribution in [0.1, 0.15) is 36.7 Å². The molecule has 136 valence electrons. The van der Waals surface area contributed by atoms with E-state index in [1.165, 1.54) is 6.26 Å². The molecular weight excluding hydrogens is 326 g/mol. The zero-order valence-electron chi connectivity index (χ0n) is 14.9. The molecule has 1 aromatic heterocycles. The third kappa shape index (κ3) is 4.17. The Kier molecular flexibility index (Phi) is 5.29. The lowest BCUT2D eigenvalue weighted by Gasteiger charge is -2.35. The standard InChI is InChI=1S/C16H29N5O2S/c1-19(2)12-14-10-17-16(18-14)13-4-7-20(11-13)15-5-8-21(9-6-15)24(3,22)23/h10,13,15H,4-9,11-12H2,1-3H3,(H,17,18)/t13-/m1/s1. The number of piperidine rings is 1. The molecule has 0 aliphatic carbocycles. The van der Waals surface area contributed by atoms with E-state index in [4.69, 9.17) is 0 Å². The predicted octanol–water partition coefficient (Wildman–Crippen LogP) is 0.685. The van der Waals surface area contributed by atoms with Crippen LogP contribution in [-0.2, 0) is 16.6 Å². The van der Waals surface area contributed by atoms with Crippen LogP contribution in [-0.4, -0.2) is 85.1 Å². The average molecular weight is 356 g/mol. The Bertz CT molecular complexity index is 649. The van der Waals surface area contributed by atoms with Gasteiger partial charge in [-0.1, -0.05) is 0 Å². The average Bonchev–Trinajstić information content (AvgIpc) is 3.14. The molecule has 0 bridgehead atoms. The molecule has 1 N–H and O–H groups in total. The van der Waals surface area contributed by atoms with E-state index >= 15 is 0 Å². The van der Waals surface area contributed by atoms with Crippen LogP contribution < -0.4 is 0 Å². The molecular formula is C16H29N5O2S. The highest BCUT2D eigenvalue weighted by atomic mass is 32.2. The monoisotopic (exact) mass is 355 g/mol. The summed E-state index contributed by atoms with van der Waals surface area (Å²) in [5, 5.41) is 0. The maximum Gasteiger partial charge on any atom is 0.211 e. The van der Waals surface area contributed by atoms with Crippen molar-refractivity contribution in [1.82, 2.24) is 24.1 Å². The smallest absolute Gasteiger partial charge is 0.211 e. The van der Waals surface area contributed by atoms with Gasteiger partial charge in [0.25, 0.3) is 0 Å². The van der Waals surface area contributed by atoms with E-state index < -0.39 is 10.0 Å². The van der Waals surface area contributed by atoms with Crippen molar-refractivity contribution < 1.29 is 8.42 Å². The van der Waals surface area contributed by atoms with E-state index in [0.717, 1.165) is 50.4 Å². The molecule has 1 atom stereocenters. The maximum absolute atomic E-state index is 11.6. The van der Waals surface area contributed by atoms with Crippen molar-refractivity contribution in [3.05, 3.63) is 17.7 Å². The summed E-state index contributed by atoms with van der Waals surface area (Å²) in [6.07, 6.45) is 6.25. The van der Waals surface area contributed by atoms with Crippen LogP contribution in [0.3, 0.4) is 0 Å². The number of nitrogens with zero attached hydrogens (tertiary/aromatic N) is 4. The molecule has 7 nitrogen and oxygen atoms in total. The van der Waals surface area contributed by atoms with E-state index in [1.807, 2.05) is 6.20 Å². The molecule has 2 aliphatic heterocycles. The van der Waals surface area contributed by atoms with Gasteiger partial charge >= 0.3 is 0 Å². The van der Waals surface area contributed by atoms with Crippen LogP contribution >= 0.6 is 0 Å². The number of sulfonamides is 1. The van der Waals surface area contributed by atoms with Gasteiger partial charge in [0, 0.05) is 50.0 Å². The van der Waals surface area contributed by atoms with Crippen LogP contribution in [0.5, 0.6) is 0 Å². The number of aromatic amines is 1. The maximum atomic E-state index is 11.6. The predicted molar refractivity (Wildman–Crippen MR) is 94.3 cm³/mol. The normalized spacial score (nSPS) is 24.9. The fraction of sp³-hybridized carbons (Fsp3) is 0.812. The second kappa shape index (κ2) is 7.11. The second-order valence-electron chi connectivity index (χ2n) is 7.41. The number of rotatable bonds is 5. The zero-order valence-corrected chi connectivity index (χ0v) is 15.7. The Morgan fingerprint density at radius 1 is 1.25 bits per heavy atom. The van der Waals surface area contributed by atoms with Crippen molar-refractivity contribution in [1.29, 1.82) is 0 Å². The van der Waals surface area contributed by atoms with Gasteiger partial charge in [0.2, 0.25) is 10.0 Å². The van der Waals surface area contributed by atoms with Crippen LogP contribution in [0.2, 0.25) is 0 Å². The summed E-state index contributed by atoms with van der Waals surface area (Å²) in [7, 11) is 1.07. The third-order valence-corrected chi connectivity index (χ3v) is 6.45. The molecule has 0 aromatic carbocycles. The first-order valence-electron chi connectivity index (χ1n) is 8.70. The molecule has 0 spiro atoms. The lowest BCUT2D eigenvalue weighted by atomic mass is 10.1. The van der Waals surface area contributed by atoms with E-state index in [9.17, 15) is 8.42 Å². The summed E-state index contributed by atoms with van der Waals surface area (Å²) in [4.78, 5) is 12.7. The molecule has 0 radical (unpaired) electrons. The number of likely N-dealkylation sites (tertiary alicyclic amines) is 1. The van der Waals surface area contributed by atoms with Crippen LogP contribution in [0.25, 0.3) is 0 Å². The highest BCUT2D eigenvalue weighted by molar-refractivity contribution is 7.88. The topological polar surface area (TPSA) is 72.5 Å². The van der Waals surface area contributed by atoms with Crippen molar-refractivity contribution >= 4 is 10.0 Å². The molecule has 3 heterocycles. The Hall–Kier alpha value is -0.960. The van der Waals surface area contributed by atoms with Crippen LogP contribution in [0.4, 0.5) is 0 Å². The lowest BCUT2D eigenvalue weighted by molar-refractivity contribution is 0.166. The van der Waals surface area contributed by atoms with Gasteiger partial charge in [-0.15, -0.1) is 0 Å². The van der Waals surface area contributed by atoms with Gasteiger partial charge in [-0.2, -0.15) is 0 Å². The summed E-state index contributed by atoms with van der Waals surface area (Å²) < 4.78 is 24.9. The van der Waals surface area contributed by atoms with Crippen molar-refractivity contribution in [3.8, 4) is 0 Å². The van der Waals surface area contributed by atoms with Gasteiger partial charge in [0.1, 0.15) is 5.82 Å². The Balaban J connectivity index is 1.53. The van der Waals surface area contributed by atoms with Crippen LogP contribution in [0, 0.1) is 0 Å². The highest BCUT2D eigenvalue weighted by Gasteiger charge is 2.34. The molecule has 1 aromatic rings. The van der Waals surface area contributed by atoms with Gasteiger partial charge in [-0.25, -0.2) is 17.7 Å². The first kappa shape index (κ1) is 17.8. The van der Waals surface area contributed by atoms with Crippen molar-refractivity contribution in [2.24, 2.45) is 0 Å². The molecule has 0 amide bonds. The molecule has 8 heteroatoms. The van der Waals surface area contributed by atoms with E-state index in [1.54, 1.807) is 4.31 Å². The minimum Gasteiger partial charge on any atom is -0.345 e. The van der Waals surface area contributed by atoms with Crippen LogP contribution in [0.15, 0.2) is 6.20 Å². The number of nitrogens with one attached hydrogen (secondary N) is 1. The number of H-pyrrole nitrogens is 1. The lowest BCUT2D eigenvalue weighted by Crippen LogP contribution is -2.45. The SMILES string of the molecule is CN(C)Cc1cnc([C@@H]2CCN(C3CCN(S(C)(=O)=O)CC3)C2)[nH]1. The molecule has 3 rings (SSSR count). The Morgan fingerprint density at radius 2 is 1.96 bits per heavy atom. The summed E-state index contributed by atoms with van der Waals surface area (Å²) in [6.45, 7) is 4.29. The number of hydrogen-bond acceptors (Lipinski definition) is 5. The number of imidazole rings is 1. The summed E-state index contributed by atoms with van der Waals surface area (Å²) >= 11 is 0. The van der Waals surface area contributed by atoms with Crippen molar-refractivity contribution in [2.45, 2.75) is 37.8 Å². The van der Waals surface area contributed by atoms with E-state index in [0.29, 0.717) is 25.0 Å². The quantitative estimate of drug-likeness (QED) is 0.841. The second-order valence-corrected chi connectivity index (χ2v) is 9.39. The van der Waals surface area contributed by atoms with Crippen molar-refractivity contribution in [3.63, 3.8) is 0 Å². The summed E-state index contributed by atoms with van der Waals surface area (Å²) in [5.41, 5.74) is 1.16. The van der Waals surface area contributed by atoms with Gasteiger partial charge < -0.3 is 9.88 Å². The molecule has 0 saturated carbocycles. The molecule has 2 saturated heterocycles. The van der Waals surface area contributed by atoms with E-state index in [2.05, 4.69) is 33.9 Å². The van der Waals surface area contributed by atoms with Gasteiger partial charge in [-0.3, -0.25) is 4.90 Å².